The topological polar surface area (TPSA) is 28.2 Å². The number of benzene rings is 1. The fourth-order valence-electron chi connectivity index (χ4n) is 3.54. The maximum absolute atomic E-state index is 4.73. The van der Waals surface area contributed by atoms with Gasteiger partial charge >= 0.3 is 0 Å². The number of nitrogens with zero attached hydrogens (tertiary/aromatic N) is 2. The van der Waals surface area contributed by atoms with E-state index < -0.39 is 0 Å². The Morgan fingerprint density at radius 1 is 1.25 bits per heavy atom. The first-order valence-corrected chi connectivity index (χ1v) is 8.97. The van der Waals surface area contributed by atoms with E-state index in [-0.39, 0.29) is 0 Å². The number of nitrogens with one attached hydrogen (secondary N) is 1. The van der Waals surface area contributed by atoms with Crippen molar-refractivity contribution in [2.45, 2.75) is 37.8 Å². The van der Waals surface area contributed by atoms with Crippen molar-refractivity contribution < 1.29 is 0 Å². The first-order valence-electron chi connectivity index (χ1n) is 7.36. The first-order chi connectivity index (χ1) is 9.79. The van der Waals surface area contributed by atoms with Gasteiger partial charge in [-0.2, -0.15) is 0 Å². The molecule has 3 heterocycles. The molecule has 1 aromatic carbocycles. The van der Waals surface area contributed by atoms with Crippen LogP contribution in [0.2, 0.25) is 0 Å². The molecule has 2 aromatic rings. The number of halogens is 1. The lowest BCUT2D eigenvalue weighted by molar-refractivity contribution is 0.193. The summed E-state index contributed by atoms with van der Waals surface area (Å²) in [4.78, 5) is 7.39. The molecule has 2 saturated heterocycles. The van der Waals surface area contributed by atoms with Crippen LogP contribution in [0.1, 0.15) is 25.7 Å². The second-order valence-electron chi connectivity index (χ2n) is 5.77. The molecular weight excluding hydrogens is 334 g/mol. The van der Waals surface area contributed by atoms with Crippen LogP contribution >= 0.6 is 27.3 Å². The molecule has 2 fully saturated rings. The number of hydrogen-bond donors (Lipinski definition) is 1. The molecule has 1 aromatic heterocycles. The van der Waals surface area contributed by atoms with Crippen LogP contribution in [0.5, 0.6) is 0 Å². The number of aromatic nitrogens is 1. The van der Waals surface area contributed by atoms with Crippen molar-refractivity contribution in [2.75, 3.05) is 18.4 Å². The Labute approximate surface area is 131 Å². The van der Waals surface area contributed by atoms with Gasteiger partial charge in [0.15, 0.2) is 5.13 Å². The van der Waals surface area contributed by atoms with Gasteiger partial charge in [0.25, 0.3) is 0 Å². The van der Waals surface area contributed by atoms with E-state index in [1.807, 2.05) is 0 Å². The SMILES string of the molecule is Brc1ccc2sc(NC3CCN4CCCCC34)nc2c1. The fraction of sp³-hybridized carbons (Fsp3) is 0.533. The molecule has 0 radical (unpaired) electrons. The number of fused-ring (bicyclic) bond motifs is 2. The summed E-state index contributed by atoms with van der Waals surface area (Å²) in [5.41, 5.74) is 1.09. The third-order valence-electron chi connectivity index (χ3n) is 4.51. The maximum Gasteiger partial charge on any atom is 0.184 e. The van der Waals surface area contributed by atoms with E-state index in [0.29, 0.717) is 6.04 Å². The Bertz CT molecular complexity index is 627. The van der Waals surface area contributed by atoms with Gasteiger partial charge in [-0.15, -0.1) is 0 Å². The van der Waals surface area contributed by atoms with Crippen molar-refractivity contribution in [2.24, 2.45) is 0 Å². The van der Waals surface area contributed by atoms with Crippen molar-refractivity contribution in [3.8, 4) is 0 Å². The van der Waals surface area contributed by atoms with Gasteiger partial charge in [0.1, 0.15) is 0 Å². The normalized spacial score (nSPS) is 26.9. The molecule has 2 aliphatic heterocycles. The molecule has 4 rings (SSSR count). The Kier molecular flexibility index (Phi) is 3.44. The van der Waals surface area contributed by atoms with Crippen LogP contribution in [-0.2, 0) is 0 Å². The summed E-state index contributed by atoms with van der Waals surface area (Å²) < 4.78 is 2.36. The van der Waals surface area contributed by atoms with Crippen LogP contribution in [0.3, 0.4) is 0 Å². The van der Waals surface area contributed by atoms with Gasteiger partial charge in [-0.25, -0.2) is 4.98 Å². The molecule has 106 valence electrons. The van der Waals surface area contributed by atoms with Gasteiger partial charge in [-0.1, -0.05) is 33.7 Å². The van der Waals surface area contributed by atoms with E-state index in [2.05, 4.69) is 44.3 Å². The van der Waals surface area contributed by atoms with Crippen LogP contribution < -0.4 is 5.32 Å². The van der Waals surface area contributed by atoms with E-state index in [0.717, 1.165) is 21.2 Å². The van der Waals surface area contributed by atoms with E-state index in [1.165, 1.54) is 43.5 Å². The molecule has 0 bridgehead atoms. The average molecular weight is 352 g/mol. The number of thiazole rings is 1. The molecule has 0 saturated carbocycles. The summed E-state index contributed by atoms with van der Waals surface area (Å²) in [6.45, 7) is 2.54. The number of anilines is 1. The van der Waals surface area contributed by atoms with Gasteiger partial charge in [0, 0.05) is 23.1 Å². The van der Waals surface area contributed by atoms with E-state index >= 15 is 0 Å². The monoisotopic (exact) mass is 351 g/mol. The van der Waals surface area contributed by atoms with E-state index in [9.17, 15) is 0 Å². The summed E-state index contributed by atoms with van der Waals surface area (Å²) in [7, 11) is 0. The summed E-state index contributed by atoms with van der Waals surface area (Å²) in [5, 5.41) is 4.78. The first kappa shape index (κ1) is 13.0. The van der Waals surface area contributed by atoms with Crippen LogP contribution in [0.25, 0.3) is 10.2 Å². The van der Waals surface area contributed by atoms with E-state index in [1.54, 1.807) is 11.3 Å². The van der Waals surface area contributed by atoms with Gasteiger partial charge in [0.2, 0.25) is 0 Å². The Balaban J connectivity index is 1.55. The number of hydrogen-bond acceptors (Lipinski definition) is 4. The van der Waals surface area contributed by atoms with Crippen molar-refractivity contribution in [1.29, 1.82) is 0 Å². The zero-order valence-electron chi connectivity index (χ0n) is 11.3. The molecule has 2 atom stereocenters. The van der Waals surface area contributed by atoms with Gasteiger partial charge in [-0.05, 0) is 44.0 Å². The zero-order chi connectivity index (χ0) is 13.5. The Morgan fingerprint density at radius 2 is 2.20 bits per heavy atom. The molecule has 2 unspecified atom stereocenters. The summed E-state index contributed by atoms with van der Waals surface area (Å²) in [6.07, 6.45) is 5.35. The second-order valence-corrected chi connectivity index (χ2v) is 7.72. The smallest absolute Gasteiger partial charge is 0.184 e. The molecule has 0 spiro atoms. The van der Waals surface area contributed by atoms with Gasteiger partial charge in [-0.3, -0.25) is 4.90 Å². The lowest BCUT2D eigenvalue weighted by Gasteiger charge is -2.32. The van der Waals surface area contributed by atoms with Gasteiger partial charge in [0.05, 0.1) is 10.2 Å². The van der Waals surface area contributed by atoms with Crippen LogP contribution in [-0.4, -0.2) is 35.1 Å². The minimum atomic E-state index is 0.583. The Hall–Kier alpha value is -0.650. The average Bonchev–Trinajstić information content (AvgIpc) is 3.03. The number of rotatable bonds is 2. The third kappa shape index (κ3) is 2.36. The highest BCUT2D eigenvalue weighted by Crippen LogP contribution is 2.33. The molecule has 1 N–H and O–H groups in total. The minimum absolute atomic E-state index is 0.583. The molecular formula is C15H18BrN3S. The highest BCUT2D eigenvalue weighted by atomic mass is 79.9. The molecule has 20 heavy (non-hydrogen) atoms. The molecule has 2 aliphatic rings. The summed E-state index contributed by atoms with van der Waals surface area (Å²) in [6, 6.07) is 7.63. The highest BCUT2D eigenvalue weighted by Gasteiger charge is 2.35. The molecule has 3 nitrogen and oxygen atoms in total. The van der Waals surface area contributed by atoms with Crippen LogP contribution in [0.15, 0.2) is 22.7 Å². The van der Waals surface area contributed by atoms with Crippen molar-refractivity contribution in [3.05, 3.63) is 22.7 Å². The fourth-order valence-corrected chi connectivity index (χ4v) is 4.79. The van der Waals surface area contributed by atoms with Crippen LogP contribution in [0, 0.1) is 0 Å². The summed E-state index contributed by atoms with van der Waals surface area (Å²) in [5.74, 6) is 0. The Morgan fingerprint density at radius 3 is 3.15 bits per heavy atom. The number of piperidine rings is 1. The van der Waals surface area contributed by atoms with Gasteiger partial charge < -0.3 is 5.32 Å². The van der Waals surface area contributed by atoms with Crippen molar-refractivity contribution in [3.63, 3.8) is 0 Å². The minimum Gasteiger partial charge on any atom is -0.357 e. The standard InChI is InChI=1S/C15H18BrN3S/c16-10-4-5-14-12(9-10)18-15(20-14)17-11-6-8-19-7-2-1-3-13(11)19/h4-5,9,11,13H,1-3,6-8H2,(H,17,18). The molecule has 0 amide bonds. The lowest BCUT2D eigenvalue weighted by atomic mass is 9.99. The zero-order valence-corrected chi connectivity index (χ0v) is 13.7. The maximum atomic E-state index is 4.73. The van der Waals surface area contributed by atoms with Crippen molar-refractivity contribution >= 4 is 42.6 Å². The third-order valence-corrected chi connectivity index (χ3v) is 5.98. The van der Waals surface area contributed by atoms with Crippen LogP contribution in [0.4, 0.5) is 5.13 Å². The largest absolute Gasteiger partial charge is 0.357 e. The highest BCUT2D eigenvalue weighted by molar-refractivity contribution is 9.10. The molecule has 0 aliphatic carbocycles. The van der Waals surface area contributed by atoms with Crippen molar-refractivity contribution in [1.82, 2.24) is 9.88 Å². The lowest BCUT2D eigenvalue weighted by Crippen LogP contribution is -2.41. The molecule has 5 heteroatoms. The van der Waals surface area contributed by atoms with E-state index in [4.69, 9.17) is 4.98 Å². The summed E-state index contributed by atoms with van der Waals surface area (Å²) >= 11 is 5.28. The second kappa shape index (κ2) is 5.28. The predicted molar refractivity (Wildman–Crippen MR) is 88.6 cm³/mol. The predicted octanol–water partition coefficient (Wildman–Crippen LogP) is 4.10. The quantitative estimate of drug-likeness (QED) is 0.882.